The number of hydrogen-bond acceptors (Lipinski definition) is 6. The van der Waals surface area contributed by atoms with Crippen molar-refractivity contribution in [2.45, 2.75) is 284 Å². The summed E-state index contributed by atoms with van der Waals surface area (Å²) in [5.74, 6) is -0.886. The molecule has 0 saturated heterocycles. The lowest BCUT2D eigenvalue weighted by molar-refractivity contribution is -0.167. The highest BCUT2D eigenvalue weighted by atomic mass is 16.6. The fourth-order valence-electron chi connectivity index (χ4n) is 7.84. The Morgan fingerprint density at radius 2 is 0.600 bits per heavy atom. The highest BCUT2D eigenvalue weighted by molar-refractivity contribution is 5.71. The molecule has 0 aromatic carbocycles. The maximum atomic E-state index is 12.8. The van der Waals surface area contributed by atoms with Gasteiger partial charge in [0.1, 0.15) is 13.2 Å². The Kier molecular flexibility index (Phi) is 51.3. The number of unbranched alkanes of at least 4 members (excludes halogenated alkanes) is 29. The van der Waals surface area contributed by atoms with Crippen molar-refractivity contribution >= 4 is 17.9 Å². The number of carbonyl (C=O) groups excluding carboxylic acids is 3. The zero-order valence-corrected chi connectivity index (χ0v) is 43.0. The number of hydrogen-bond donors (Lipinski definition) is 0. The predicted molar refractivity (Wildman–Crippen MR) is 279 cm³/mol. The van der Waals surface area contributed by atoms with Crippen molar-refractivity contribution in [3.63, 3.8) is 0 Å². The van der Waals surface area contributed by atoms with Crippen LogP contribution in [0.15, 0.2) is 60.8 Å². The second kappa shape index (κ2) is 53.7. The van der Waals surface area contributed by atoms with Crippen LogP contribution >= 0.6 is 0 Å². The molecule has 376 valence electrons. The molecule has 0 bridgehead atoms. The van der Waals surface area contributed by atoms with E-state index in [1.54, 1.807) is 0 Å². The number of ether oxygens (including phenoxy) is 3. The monoisotopic (exact) mass is 909 g/mol. The zero-order valence-electron chi connectivity index (χ0n) is 43.0. The van der Waals surface area contributed by atoms with Gasteiger partial charge in [0, 0.05) is 19.3 Å². The van der Waals surface area contributed by atoms with Crippen molar-refractivity contribution in [1.82, 2.24) is 0 Å². The summed E-state index contributed by atoms with van der Waals surface area (Å²) in [5, 5.41) is 0. The third-order valence-corrected chi connectivity index (χ3v) is 12.0. The standard InChI is InChI=1S/C59H104O6/c1-4-7-10-13-16-19-22-24-26-27-28-29-30-31-33-34-37-40-43-46-49-52-58(61)64-55-56(54-63-57(60)51-48-45-42-39-36-21-18-15-12-9-6-3)65-59(62)53-50-47-44-41-38-35-32-25-23-20-17-14-11-8-5-2/h7,10,16,19,24-26,28-29,32,56H,4-6,8-9,11-15,17-18,20-23,27,30-31,33-55H2,1-3H3/b10-7-,19-16-,26-24-,29-28-,32-25-. The van der Waals surface area contributed by atoms with Crippen molar-refractivity contribution < 1.29 is 28.6 Å². The van der Waals surface area contributed by atoms with Gasteiger partial charge in [0.25, 0.3) is 0 Å². The lowest BCUT2D eigenvalue weighted by Crippen LogP contribution is -2.30. The van der Waals surface area contributed by atoms with Gasteiger partial charge in [0.05, 0.1) is 0 Å². The fourth-order valence-corrected chi connectivity index (χ4v) is 7.84. The Bertz CT molecular complexity index is 1180. The van der Waals surface area contributed by atoms with Gasteiger partial charge in [-0.05, 0) is 83.5 Å². The van der Waals surface area contributed by atoms with Crippen LogP contribution in [-0.2, 0) is 28.6 Å². The highest BCUT2D eigenvalue weighted by Gasteiger charge is 2.19. The number of esters is 3. The third-order valence-electron chi connectivity index (χ3n) is 12.0. The minimum absolute atomic E-state index is 0.0777. The normalized spacial score (nSPS) is 12.5. The summed E-state index contributed by atoms with van der Waals surface area (Å²) in [4.78, 5) is 38.0. The zero-order chi connectivity index (χ0) is 47.2. The average molecular weight is 909 g/mol. The van der Waals surface area contributed by atoms with E-state index in [9.17, 15) is 14.4 Å². The van der Waals surface area contributed by atoms with E-state index in [0.717, 1.165) is 103 Å². The molecule has 1 atom stereocenters. The van der Waals surface area contributed by atoms with Gasteiger partial charge in [0.15, 0.2) is 6.10 Å². The molecule has 0 aliphatic heterocycles. The minimum atomic E-state index is -0.779. The Labute approximate surface area is 402 Å². The first-order valence-corrected chi connectivity index (χ1v) is 27.8. The molecule has 0 saturated carbocycles. The van der Waals surface area contributed by atoms with Gasteiger partial charge in [-0.2, -0.15) is 0 Å². The van der Waals surface area contributed by atoms with E-state index in [0.29, 0.717) is 19.3 Å². The van der Waals surface area contributed by atoms with Gasteiger partial charge >= 0.3 is 17.9 Å². The maximum Gasteiger partial charge on any atom is 0.306 e. The molecule has 65 heavy (non-hydrogen) atoms. The first-order chi connectivity index (χ1) is 32.0. The van der Waals surface area contributed by atoms with Gasteiger partial charge < -0.3 is 14.2 Å². The molecule has 0 radical (unpaired) electrons. The lowest BCUT2D eigenvalue weighted by Gasteiger charge is -2.18. The molecule has 6 nitrogen and oxygen atoms in total. The Morgan fingerprint density at radius 1 is 0.323 bits per heavy atom. The quantitative estimate of drug-likeness (QED) is 0.0262. The largest absolute Gasteiger partial charge is 0.462 e. The molecule has 6 heteroatoms. The van der Waals surface area contributed by atoms with Crippen LogP contribution < -0.4 is 0 Å². The average Bonchev–Trinajstić information content (AvgIpc) is 3.30. The molecule has 0 aliphatic rings. The van der Waals surface area contributed by atoms with E-state index in [2.05, 4.69) is 81.5 Å². The molecule has 0 heterocycles. The molecule has 1 unspecified atom stereocenters. The Hall–Kier alpha value is -2.89. The fraction of sp³-hybridized carbons (Fsp3) is 0.780. The van der Waals surface area contributed by atoms with Gasteiger partial charge in [0.2, 0.25) is 0 Å². The van der Waals surface area contributed by atoms with Crippen LogP contribution in [0.2, 0.25) is 0 Å². The molecule has 0 N–H and O–H groups in total. The second-order valence-electron chi connectivity index (χ2n) is 18.5. The molecule has 0 fully saturated rings. The summed E-state index contributed by atoms with van der Waals surface area (Å²) in [6, 6.07) is 0. The molecule has 0 amide bonds. The summed E-state index contributed by atoms with van der Waals surface area (Å²) in [6.07, 6.45) is 66.3. The first-order valence-electron chi connectivity index (χ1n) is 27.8. The van der Waals surface area contributed by atoms with E-state index in [4.69, 9.17) is 14.2 Å². The smallest absolute Gasteiger partial charge is 0.306 e. The molecular formula is C59H104O6. The summed E-state index contributed by atoms with van der Waals surface area (Å²) in [7, 11) is 0. The number of carbonyl (C=O) groups is 3. The van der Waals surface area contributed by atoms with Crippen molar-refractivity contribution in [2.24, 2.45) is 0 Å². The summed E-state index contributed by atoms with van der Waals surface area (Å²) >= 11 is 0. The van der Waals surface area contributed by atoms with Gasteiger partial charge in [-0.1, -0.05) is 236 Å². The first kappa shape index (κ1) is 62.1. The summed E-state index contributed by atoms with van der Waals surface area (Å²) < 4.78 is 16.8. The topological polar surface area (TPSA) is 78.9 Å². The van der Waals surface area contributed by atoms with Gasteiger partial charge in [-0.15, -0.1) is 0 Å². The van der Waals surface area contributed by atoms with E-state index in [-0.39, 0.29) is 31.1 Å². The summed E-state index contributed by atoms with van der Waals surface area (Å²) in [5.41, 5.74) is 0. The van der Waals surface area contributed by atoms with Crippen LogP contribution in [0.3, 0.4) is 0 Å². The van der Waals surface area contributed by atoms with E-state index in [1.165, 1.54) is 135 Å². The predicted octanol–water partition coefficient (Wildman–Crippen LogP) is 18.4. The Morgan fingerprint density at radius 3 is 0.954 bits per heavy atom. The molecular weight excluding hydrogens is 805 g/mol. The second-order valence-corrected chi connectivity index (χ2v) is 18.5. The SMILES string of the molecule is CC/C=C\C/C=C\C/C=C\C/C=C\CCCCCCCCCCC(=O)OCC(COC(=O)CCCCCCCCCCCCC)OC(=O)CCCCCCC/C=C\CCCCCCCC. The molecule has 0 aliphatic carbocycles. The lowest BCUT2D eigenvalue weighted by atomic mass is 10.1. The van der Waals surface area contributed by atoms with E-state index < -0.39 is 6.10 Å². The van der Waals surface area contributed by atoms with Crippen LogP contribution in [0, 0.1) is 0 Å². The van der Waals surface area contributed by atoms with Crippen molar-refractivity contribution in [1.29, 1.82) is 0 Å². The third kappa shape index (κ3) is 51.9. The van der Waals surface area contributed by atoms with Crippen LogP contribution in [0.25, 0.3) is 0 Å². The summed E-state index contributed by atoms with van der Waals surface area (Å²) in [6.45, 7) is 6.52. The van der Waals surface area contributed by atoms with Gasteiger partial charge in [-0.3, -0.25) is 14.4 Å². The van der Waals surface area contributed by atoms with Crippen molar-refractivity contribution in [2.75, 3.05) is 13.2 Å². The Balaban J connectivity index is 4.33. The van der Waals surface area contributed by atoms with E-state index in [1.807, 2.05) is 0 Å². The van der Waals surface area contributed by atoms with Crippen LogP contribution in [-0.4, -0.2) is 37.2 Å². The maximum absolute atomic E-state index is 12.8. The van der Waals surface area contributed by atoms with Crippen LogP contribution in [0.4, 0.5) is 0 Å². The number of allylic oxidation sites excluding steroid dienone is 10. The number of rotatable bonds is 50. The van der Waals surface area contributed by atoms with Crippen LogP contribution in [0.5, 0.6) is 0 Å². The van der Waals surface area contributed by atoms with E-state index >= 15 is 0 Å². The molecule has 0 aromatic heterocycles. The van der Waals surface area contributed by atoms with Crippen molar-refractivity contribution in [3.8, 4) is 0 Å². The van der Waals surface area contributed by atoms with Crippen LogP contribution in [0.1, 0.15) is 278 Å². The van der Waals surface area contributed by atoms with Gasteiger partial charge in [-0.25, -0.2) is 0 Å². The minimum Gasteiger partial charge on any atom is -0.462 e. The molecule has 0 rings (SSSR count). The highest BCUT2D eigenvalue weighted by Crippen LogP contribution is 2.15. The van der Waals surface area contributed by atoms with Crippen molar-refractivity contribution in [3.05, 3.63) is 60.8 Å². The molecule has 0 spiro atoms. The molecule has 0 aromatic rings.